The summed E-state index contributed by atoms with van der Waals surface area (Å²) in [4.78, 5) is 13.2. The smallest absolute Gasteiger partial charge is 0.222 e. The van der Waals surface area contributed by atoms with Crippen LogP contribution in [0.15, 0.2) is 0 Å². The van der Waals surface area contributed by atoms with Gasteiger partial charge in [-0.15, -0.1) is 0 Å². The molecule has 0 aliphatic heterocycles. The molecule has 1 aliphatic rings. The average molecular weight is 169 g/mol. The second-order valence-electron chi connectivity index (χ2n) is 3.82. The van der Waals surface area contributed by atoms with E-state index in [1.165, 1.54) is 19.3 Å². The van der Waals surface area contributed by atoms with Crippen molar-refractivity contribution < 1.29 is 4.79 Å². The first-order valence-corrected chi connectivity index (χ1v) is 4.98. The van der Waals surface area contributed by atoms with Gasteiger partial charge in [0.05, 0.1) is 0 Å². The Kier molecular flexibility index (Phi) is 3.57. The van der Waals surface area contributed by atoms with E-state index in [0.717, 1.165) is 18.9 Å². The van der Waals surface area contributed by atoms with Gasteiger partial charge in [-0.1, -0.05) is 13.3 Å². The fraction of sp³-hybridized carbons (Fsp3) is 0.900. The van der Waals surface area contributed by atoms with Crippen molar-refractivity contribution in [3.63, 3.8) is 0 Å². The molecule has 1 aliphatic carbocycles. The first kappa shape index (κ1) is 9.56. The van der Waals surface area contributed by atoms with Crippen molar-refractivity contribution in [2.75, 3.05) is 13.6 Å². The quantitative estimate of drug-likeness (QED) is 0.630. The van der Waals surface area contributed by atoms with Crippen LogP contribution < -0.4 is 0 Å². The fourth-order valence-electron chi connectivity index (χ4n) is 1.57. The van der Waals surface area contributed by atoms with Crippen molar-refractivity contribution in [3.05, 3.63) is 0 Å². The monoisotopic (exact) mass is 169 g/mol. The highest BCUT2D eigenvalue weighted by Gasteiger charge is 2.20. The normalized spacial score (nSPS) is 17.2. The zero-order valence-electron chi connectivity index (χ0n) is 8.18. The van der Waals surface area contributed by atoms with Crippen LogP contribution in [0.25, 0.3) is 0 Å². The molecule has 0 aromatic carbocycles. The molecule has 1 rings (SSSR count). The number of nitrogens with zero attached hydrogens (tertiary/aromatic N) is 1. The molecule has 1 amide bonds. The molecule has 0 bridgehead atoms. The number of amides is 1. The average Bonchev–Trinajstić information content (AvgIpc) is 1.97. The highest BCUT2D eigenvalue weighted by Crippen LogP contribution is 2.26. The van der Waals surface area contributed by atoms with Gasteiger partial charge in [0.25, 0.3) is 0 Å². The van der Waals surface area contributed by atoms with Crippen LogP contribution in [0.1, 0.15) is 39.0 Å². The summed E-state index contributed by atoms with van der Waals surface area (Å²) in [5.74, 6) is 1.11. The molecule has 0 aromatic heterocycles. The van der Waals surface area contributed by atoms with E-state index in [9.17, 15) is 4.79 Å². The largest absolute Gasteiger partial charge is 0.345 e. The summed E-state index contributed by atoms with van der Waals surface area (Å²) in [5, 5.41) is 0. The Balaban J connectivity index is 2.16. The van der Waals surface area contributed by atoms with E-state index in [0.29, 0.717) is 12.3 Å². The van der Waals surface area contributed by atoms with Gasteiger partial charge in [-0.05, 0) is 25.2 Å². The van der Waals surface area contributed by atoms with Gasteiger partial charge in [0, 0.05) is 20.0 Å². The van der Waals surface area contributed by atoms with Gasteiger partial charge in [-0.25, -0.2) is 0 Å². The van der Waals surface area contributed by atoms with Gasteiger partial charge in [0.15, 0.2) is 0 Å². The van der Waals surface area contributed by atoms with Crippen LogP contribution >= 0.6 is 0 Å². The lowest BCUT2D eigenvalue weighted by molar-refractivity contribution is -0.130. The summed E-state index contributed by atoms with van der Waals surface area (Å²) in [6.07, 6.45) is 5.69. The molecule has 1 saturated carbocycles. The molecule has 0 unspecified atom stereocenters. The first-order valence-electron chi connectivity index (χ1n) is 4.98. The minimum Gasteiger partial charge on any atom is -0.345 e. The van der Waals surface area contributed by atoms with E-state index in [1.54, 1.807) is 0 Å². The zero-order valence-corrected chi connectivity index (χ0v) is 8.18. The predicted octanol–water partition coefficient (Wildman–Crippen LogP) is 2.04. The van der Waals surface area contributed by atoms with Crippen LogP contribution in [0.3, 0.4) is 0 Å². The standard InChI is InChI=1S/C10H19NO/c1-3-5-10(12)11(2)8-9-6-4-7-9/h9H,3-8H2,1-2H3. The third-order valence-electron chi connectivity index (χ3n) is 2.65. The van der Waals surface area contributed by atoms with Crippen LogP contribution in [0.5, 0.6) is 0 Å². The van der Waals surface area contributed by atoms with Crippen LogP contribution in [-0.4, -0.2) is 24.4 Å². The molecule has 0 heterocycles. The summed E-state index contributed by atoms with van der Waals surface area (Å²) in [7, 11) is 1.93. The van der Waals surface area contributed by atoms with Gasteiger partial charge in [-0.3, -0.25) is 4.79 Å². The van der Waals surface area contributed by atoms with Crippen molar-refractivity contribution in [2.45, 2.75) is 39.0 Å². The van der Waals surface area contributed by atoms with Gasteiger partial charge in [0.1, 0.15) is 0 Å². The lowest BCUT2D eigenvalue weighted by Gasteiger charge is -2.30. The topological polar surface area (TPSA) is 20.3 Å². The summed E-state index contributed by atoms with van der Waals surface area (Å²) < 4.78 is 0. The molecule has 0 atom stereocenters. The SMILES string of the molecule is CCCC(=O)N(C)CC1CCC1. The molecule has 0 radical (unpaired) electrons. The number of carbonyl (C=O) groups excluding carboxylic acids is 1. The predicted molar refractivity (Wildman–Crippen MR) is 49.9 cm³/mol. The van der Waals surface area contributed by atoms with Gasteiger partial charge < -0.3 is 4.90 Å². The zero-order chi connectivity index (χ0) is 8.97. The maximum Gasteiger partial charge on any atom is 0.222 e. The highest BCUT2D eigenvalue weighted by molar-refractivity contribution is 5.75. The summed E-state index contributed by atoms with van der Waals surface area (Å²) in [6, 6.07) is 0. The molecule has 0 aromatic rings. The van der Waals surface area contributed by atoms with Crippen LogP contribution in [0.4, 0.5) is 0 Å². The van der Waals surface area contributed by atoms with E-state index in [4.69, 9.17) is 0 Å². The van der Waals surface area contributed by atoms with Crippen molar-refractivity contribution >= 4 is 5.91 Å². The lowest BCUT2D eigenvalue weighted by atomic mass is 9.85. The third kappa shape index (κ3) is 2.50. The lowest BCUT2D eigenvalue weighted by Crippen LogP contribution is -2.33. The second-order valence-corrected chi connectivity index (χ2v) is 3.82. The molecule has 2 nitrogen and oxygen atoms in total. The van der Waals surface area contributed by atoms with Gasteiger partial charge in [0.2, 0.25) is 5.91 Å². The van der Waals surface area contributed by atoms with Crippen LogP contribution in [0, 0.1) is 5.92 Å². The number of rotatable bonds is 4. The molecule has 2 heteroatoms. The Hall–Kier alpha value is -0.530. The van der Waals surface area contributed by atoms with Crippen LogP contribution in [-0.2, 0) is 4.79 Å². The number of hydrogen-bond acceptors (Lipinski definition) is 1. The summed E-state index contributed by atoms with van der Waals surface area (Å²) in [5.41, 5.74) is 0. The number of carbonyl (C=O) groups is 1. The molecule has 0 N–H and O–H groups in total. The van der Waals surface area contributed by atoms with E-state index >= 15 is 0 Å². The van der Waals surface area contributed by atoms with Gasteiger partial charge >= 0.3 is 0 Å². The van der Waals surface area contributed by atoms with Crippen LogP contribution in [0.2, 0.25) is 0 Å². The Morgan fingerprint density at radius 3 is 2.58 bits per heavy atom. The molecule has 0 spiro atoms. The number of hydrogen-bond donors (Lipinski definition) is 0. The molecule has 70 valence electrons. The van der Waals surface area contributed by atoms with Crippen molar-refractivity contribution in [1.82, 2.24) is 4.90 Å². The van der Waals surface area contributed by atoms with Crippen molar-refractivity contribution in [2.24, 2.45) is 5.92 Å². The Morgan fingerprint density at radius 2 is 2.17 bits per heavy atom. The maximum atomic E-state index is 11.3. The fourth-order valence-corrected chi connectivity index (χ4v) is 1.57. The first-order chi connectivity index (χ1) is 5.74. The van der Waals surface area contributed by atoms with E-state index in [-0.39, 0.29) is 0 Å². The molecular weight excluding hydrogens is 150 g/mol. The maximum absolute atomic E-state index is 11.3. The molecule has 1 fully saturated rings. The third-order valence-corrected chi connectivity index (χ3v) is 2.65. The summed E-state index contributed by atoms with van der Waals surface area (Å²) >= 11 is 0. The minimum absolute atomic E-state index is 0.310. The highest BCUT2D eigenvalue weighted by atomic mass is 16.2. The van der Waals surface area contributed by atoms with Gasteiger partial charge in [-0.2, -0.15) is 0 Å². The molecule has 12 heavy (non-hydrogen) atoms. The van der Waals surface area contributed by atoms with E-state index in [1.807, 2.05) is 11.9 Å². The van der Waals surface area contributed by atoms with Crippen molar-refractivity contribution in [1.29, 1.82) is 0 Å². The van der Waals surface area contributed by atoms with Crippen molar-refractivity contribution in [3.8, 4) is 0 Å². The second kappa shape index (κ2) is 4.48. The Bertz CT molecular complexity index is 152. The van der Waals surface area contributed by atoms with E-state index < -0.39 is 0 Å². The molecular formula is C10H19NO. The Morgan fingerprint density at radius 1 is 1.50 bits per heavy atom. The molecule has 0 saturated heterocycles. The van der Waals surface area contributed by atoms with E-state index in [2.05, 4.69) is 6.92 Å². The summed E-state index contributed by atoms with van der Waals surface area (Å²) in [6.45, 7) is 3.04. The Labute approximate surface area is 74.9 Å². The minimum atomic E-state index is 0.310.